The summed E-state index contributed by atoms with van der Waals surface area (Å²) in [5.41, 5.74) is 0. The molecule has 1 saturated heterocycles. The molecule has 154 valence electrons. The van der Waals surface area contributed by atoms with Gasteiger partial charge in [0.25, 0.3) is 0 Å². The van der Waals surface area contributed by atoms with E-state index in [0.717, 1.165) is 8.95 Å². The molecule has 0 spiro atoms. The molecule has 0 radical (unpaired) electrons. The largest absolute Gasteiger partial charge is 0.427 e. The fraction of sp³-hybridized carbons (Fsp3) is 0.300. The van der Waals surface area contributed by atoms with Gasteiger partial charge in [0.1, 0.15) is 11.5 Å². The molecular formula is C20H18Br2O6S. The first kappa shape index (κ1) is 22.0. The lowest BCUT2D eigenvalue weighted by molar-refractivity contribution is -0.138. The number of rotatable bonds is 6. The van der Waals surface area contributed by atoms with Crippen LogP contribution in [0.5, 0.6) is 11.5 Å². The average Bonchev–Trinajstić information content (AvgIpc) is 2.91. The highest BCUT2D eigenvalue weighted by Gasteiger charge is 2.40. The second-order valence-corrected chi connectivity index (χ2v) is 10.8. The predicted octanol–water partition coefficient (Wildman–Crippen LogP) is 4.16. The zero-order valence-electron chi connectivity index (χ0n) is 15.2. The molecule has 3 rings (SSSR count). The summed E-state index contributed by atoms with van der Waals surface area (Å²) in [5, 5.41) is 0. The number of hydrogen-bond donors (Lipinski definition) is 0. The number of halogens is 2. The van der Waals surface area contributed by atoms with E-state index >= 15 is 0 Å². The molecule has 0 aliphatic carbocycles. The van der Waals surface area contributed by atoms with E-state index in [2.05, 4.69) is 31.9 Å². The summed E-state index contributed by atoms with van der Waals surface area (Å²) in [5.74, 6) is -1.55. The third-order valence-electron chi connectivity index (χ3n) is 4.55. The van der Waals surface area contributed by atoms with E-state index in [1.165, 1.54) is 0 Å². The summed E-state index contributed by atoms with van der Waals surface area (Å²) in [7, 11) is -3.32. The van der Waals surface area contributed by atoms with Gasteiger partial charge < -0.3 is 9.47 Å². The van der Waals surface area contributed by atoms with Crippen molar-refractivity contribution in [1.82, 2.24) is 0 Å². The van der Waals surface area contributed by atoms with Crippen molar-refractivity contribution in [3.63, 3.8) is 0 Å². The Kier molecular flexibility index (Phi) is 7.13. The SMILES string of the molecule is O=C(C[C@H]1CS(=O)(=O)C[C@@H]1CC(=O)Oc1ccc(Br)cc1)Oc1ccc(Br)cc1. The Balaban J connectivity index is 1.60. The normalized spacial score (nSPS) is 20.2. The molecule has 6 nitrogen and oxygen atoms in total. The lowest BCUT2D eigenvalue weighted by atomic mass is 9.90. The molecule has 0 unspecified atom stereocenters. The van der Waals surface area contributed by atoms with Crippen LogP contribution in [-0.2, 0) is 19.4 Å². The van der Waals surface area contributed by atoms with E-state index in [1.54, 1.807) is 48.5 Å². The predicted molar refractivity (Wildman–Crippen MR) is 114 cm³/mol. The summed E-state index contributed by atoms with van der Waals surface area (Å²) in [4.78, 5) is 24.5. The second kappa shape index (κ2) is 9.40. The first-order valence-corrected chi connectivity index (χ1v) is 12.2. The zero-order chi connectivity index (χ0) is 21.0. The topological polar surface area (TPSA) is 86.7 Å². The van der Waals surface area contributed by atoms with Crippen molar-refractivity contribution in [2.24, 2.45) is 11.8 Å². The van der Waals surface area contributed by atoms with Crippen LogP contribution >= 0.6 is 31.9 Å². The average molecular weight is 546 g/mol. The van der Waals surface area contributed by atoms with Crippen molar-refractivity contribution in [2.75, 3.05) is 11.5 Å². The van der Waals surface area contributed by atoms with Crippen LogP contribution in [0.4, 0.5) is 0 Å². The van der Waals surface area contributed by atoms with Crippen molar-refractivity contribution in [3.05, 3.63) is 57.5 Å². The molecule has 0 N–H and O–H groups in total. The van der Waals surface area contributed by atoms with Gasteiger partial charge in [-0.3, -0.25) is 9.59 Å². The minimum absolute atomic E-state index is 0.0779. The van der Waals surface area contributed by atoms with E-state index in [-0.39, 0.29) is 24.3 Å². The molecule has 0 amide bonds. The van der Waals surface area contributed by atoms with Gasteiger partial charge in [0.2, 0.25) is 0 Å². The van der Waals surface area contributed by atoms with Gasteiger partial charge in [0.15, 0.2) is 9.84 Å². The molecule has 1 aliphatic rings. The number of sulfone groups is 1. The molecule has 0 saturated carbocycles. The van der Waals surface area contributed by atoms with Crippen LogP contribution in [0.15, 0.2) is 57.5 Å². The lowest BCUT2D eigenvalue weighted by Gasteiger charge is -2.16. The summed E-state index contributed by atoms with van der Waals surface area (Å²) in [6, 6.07) is 13.5. The number of carbonyl (C=O) groups is 2. The Morgan fingerprint density at radius 3 is 1.45 bits per heavy atom. The van der Waals surface area contributed by atoms with Gasteiger partial charge in [-0.25, -0.2) is 8.42 Å². The number of benzene rings is 2. The van der Waals surface area contributed by atoms with Gasteiger partial charge >= 0.3 is 11.9 Å². The molecule has 2 aromatic rings. The first-order chi connectivity index (χ1) is 13.7. The highest BCUT2D eigenvalue weighted by atomic mass is 79.9. The van der Waals surface area contributed by atoms with E-state index in [9.17, 15) is 18.0 Å². The Hall–Kier alpha value is -1.71. The molecule has 1 fully saturated rings. The molecule has 2 atom stereocenters. The first-order valence-electron chi connectivity index (χ1n) is 8.83. The fourth-order valence-electron chi connectivity index (χ4n) is 3.22. The molecular weight excluding hydrogens is 528 g/mol. The van der Waals surface area contributed by atoms with Gasteiger partial charge in [0.05, 0.1) is 24.3 Å². The lowest BCUT2D eigenvalue weighted by Crippen LogP contribution is -2.23. The van der Waals surface area contributed by atoms with Gasteiger partial charge in [-0.15, -0.1) is 0 Å². The Bertz CT molecular complexity index is 911. The van der Waals surface area contributed by atoms with Crippen molar-refractivity contribution >= 4 is 53.6 Å². The summed E-state index contributed by atoms with van der Waals surface area (Å²) in [6.45, 7) is 0. The van der Waals surface area contributed by atoms with Crippen LogP contribution in [0.2, 0.25) is 0 Å². The number of esters is 2. The van der Waals surface area contributed by atoms with Crippen LogP contribution < -0.4 is 9.47 Å². The monoisotopic (exact) mass is 544 g/mol. The summed E-state index contributed by atoms with van der Waals surface area (Å²) < 4.78 is 36.5. The molecule has 9 heteroatoms. The smallest absolute Gasteiger partial charge is 0.311 e. The van der Waals surface area contributed by atoms with E-state index in [4.69, 9.17) is 9.47 Å². The second-order valence-electron chi connectivity index (χ2n) is 6.86. The molecule has 1 aliphatic heterocycles. The fourth-order valence-corrected chi connectivity index (χ4v) is 5.97. The molecule has 29 heavy (non-hydrogen) atoms. The molecule has 0 aromatic heterocycles. The van der Waals surface area contributed by atoms with E-state index in [1.807, 2.05) is 0 Å². The van der Waals surface area contributed by atoms with Crippen LogP contribution in [0.1, 0.15) is 12.8 Å². The van der Waals surface area contributed by atoms with Gasteiger partial charge in [0, 0.05) is 8.95 Å². The summed E-state index contributed by atoms with van der Waals surface area (Å²) in [6.07, 6.45) is -0.156. The maximum atomic E-state index is 12.3. The minimum atomic E-state index is -3.32. The highest BCUT2D eigenvalue weighted by molar-refractivity contribution is 9.10. The number of carbonyl (C=O) groups excluding carboxylic acids is 2. The quantitative estimate of drug-likeness (QED) is 0.400. The van der Waals surface area contributed by atoms with Gasteiger partial charge in [-0.1, -0.05) is 31.9 Å². The maximum absolute atomic E-state index is 12.3. The van der Waals surface area contributed by atoms with Crippen molar-refractivity contribution in [1.29, 1.82) is 0 Å². The molecule has 0 bridgehead atoms. The Labute approximate surface area is 185 Å². The Morgan fingerprint density at radius 1 is 0.759 bits per heavy atom. The number of ether oxygens (including phenoxy) is 2. The van der Waals surface area contributed by atoms with Crippen LogP contribution in [0, 0.1) is 11.8 Å². The summed E-state index contributed by atoms with van der Waals surface area (Å²) >= 11 is 6.60. The maximum Gasteiger partial charge on any atom is 0.311 e. The standard InChI is InChI=1S/C20H18Br2O6S/c21-15-1-5-17(6-2-15)27-19(23)9-13-11-29(25,26)12-14(13)10-20(24)28-18-7-3-16(22)4-8-18/h1-8,13-14H,9-12H2/t13-,14-/m0/s1. The van der Waals surface area contributed by atoms with Crippen LogP contribution in [0.3, 0.4) is 0 Å². The van der Waals surface area contributed by atoms with Crippen molar-refractivity contribution in [2.45, 2.75) is 12.8 Å². The number of hydrogen-bond acceptors (Lipinski definition) is 6. The van der Waals surface area contributed by atoms with E-state index < -0.39 is 33.6 Å². The minimum Gasteiger partial charge on any atom is -0.427 e. The molecule has 2 aromatic carbocycles. The third kappa shape index (κ3) is 6.65. The zero-order valence-corrected chi connectivity index (χ0v) is 19.2. The van der Waals surface area contributed by atoms with E-state index in [0.29, 0.717) is 11.5 Å². The molecule has 1 heterocycles. The highest BCUT2D eigenvalue weighted by Crippen LogP contribution is 2.32. The Morgan fingerprint density at radius 2 is 1.10 bits per heavy atom. The van der Waals surface area contributed by atoms with Gasteiger partial charge in [-0.05, 0) is 60.4 Å². The van der Waals surface area contributed by atoms with Crippen molar-refractivity contribution in [3.8, 4) is 11.5 Å². The van der Waals surface area contributed by atoms with Gasteiger partial charge in [-0.2, -0.15) is 0 Å². The van der Waals surface area contributed by atoms with Crippen molar-refractivity contribution < 1.29 is 27.5 Å². The van der Waals surface area contributed by atoms with Crippen LogP contribution in [-0.4, -0.2) is 31.9 Å². The van der Waals surface area contributed by atoms with Crippen LogP contribution in [0.25, 0.3) is 0 Å². The third-order valence-corrected chi connectivity index (χ3v) is 7.48.